The monoisotopic (exact) mass is 388 g/mol. The van der Waals surface area contributed by atoms with Crippen LogP contribution in [0.5, 0.6) is 0 Å². The lowest BCUT2D eigenvalue weighted by Crippen LogP contribution is -2.29. The normalized spacial score (nSPS) is 10.7. The Kier molecular flexibility index (Phi) is 8.23. The summed E-state index contributed by atoms with van der Waals surface area (Å²) in [6.07, 6.45) is 3.03. The van der Waals surface area contributed by atoms with E-state index in [1.807, 2.05) is 38.4 Å². The van der Waals surface area contributed by atoms with Crippen LogP contribution in [0.2, 0.25) is 5.02 Å². The molecule has 1 heterocycles. The number of pyridine rings is 1. The molecule has 2 rings (SSSR count). The predicted octanol–water partition coefficient (Wildman–Crippen LogP) is 2.39. The minimum absolute atomic E-state index is 0.229. The van der Waals surface area contributed by atoms with Crippen molar-refractivity contribution in [3.8, 4) is 0 Å². The highest BCUT2D eigenvalue weighted by molar-refractivity contribution is 6.30. The zero-order valence-electron chi connectivity index (χ0n) is 15.7. The highest BCUT2D eigenvalue weighted by Crippen LogP contribution is 2.09. The molecule has 144 valence electrons. The predicted molar refractivity (Wildman–Crippen MR) is 107 cm³/mol. The fourth-order valence-electron chi connectivity index (χ4n) is 2.46. The van der Waals surface area contributed by atoms with E-state index in [-0.39, 0.29) is 17.5 Å². The van der Waals surface area contributed by atoms with Gasteiger partial charge < -0.3 is 15.5 Å². The molecule has 0 unspecified atom stereocenters. The molecular weight excluding hydrogens is 364 g/mol. The molecule has 0 fully saturated rings. The Morgan fingerprint density at radius 1 is 1.04 bits per heavy atom. The van der Waals surface area contributed by atoms with Crippen molar-refractivity contribution in [2.75, 3.05) is 33.7 Å². The smallest absolute Gasteiger partial charge is 0.269 e. The van der Waals surface area contributed by atoms with Gasteiger partial charge in [0.1, 0.15) is 5.69 Å². The van der Waals surface area contributed by atoms with Crippen LogP contribution >= 0.6 is 11.6 Å². The Balaban J connectivity index is 1.83. The fraction of sp³-hybridized carbons (Fsp3) is 0.350. The molecule has 0 atom stereocenters. The number of nitrogens with one attached hydrogen (secondary N) is 2. The molecule has 0 saturated heterocycles. The number of hydrogen-bond acceptors (Lipinski definition) is 4. The summed E-state index contributed by atoms with van der Waals surface area (Å²) in [6, 6.07) is 10.6. The largest absolute Gasteiger partial charge is 0.352 e. The van der Waals surface area contributed by atoms with Crippen LogP contribution in [-0.2, 0) is 6.42 Å². The first-order valence-corrected chi connectivity index (χ1v) is 9.25. The van der Waals surface area contributed by atoms with Gasteiger partial charge in [0.25, 0.3) is 11.8 Å². The van der Waals surface area contributed by atoms with E-state index in [0.29, 0.717) is 30.1 Å². The summed E-state index contributed by atoms with van der Waals surface area (Å²) < 4.78 is 0. The van der Waals surface area contributed by atoms with Gasteiger partial charge in [-0.25, -0.2) is 0 Å². The molecule has 0 aliphatic heterocycles. The third-order valence-electron chi connectivity index (χ3n) is 3.93. The van der Waals surface area contributed by atoms with Gasteiger partial charge in [0.05, 0.1) is 0 Å². The van der Waals surface area contributed by atoms with E-state index in [1.54, 1.807) is 6.07 Å². The minimum atomic E-state index is -0.274. The van der Waals surface area contributed by atoms with E-state index in [9.17, 15) is 9.59 Å². The Morgan fingerprint density at radius 2 is 1.74 bits per heavy atom. The van der Waals surface area contributed by atoms with Crippen LogP contribution in [0.15, 0.2) is 42.6 Å². The van der Waals surface area contributed by atoms with E-state index < -0.39 is 0 Å². The molecule has 7 heteroatoms. The quantitative estimate of drug-likeness (QED) is 0.647. The molecule has 1 aromatic heterocycles. The van der Waals surface area contributed by atoms with Gasteiger partial charge in [0.2, 0.25) is 0 Å². The zero-order valence-corrected chi connectivity index (χ0v) is 16.4. The maximum atomic E-state index is 12.3. The van der Waals surface area contributed by atoms with E-state index in [2.05, 4.69) is 20.5 Å². The Labute approximate surface area is 164 Å². The number of rotatable bonds is 9. The van der Waals surface area contributed by atoms with Crippen molar-refractivity contribution in [2.24, 2.45) is 0 Å². The molecule has 6 nitrogen and oxygen atoms in total. The molecule has 0 aliphatic carbocycles. The van der Waals surface area contributed by atoms with Crippen molar-refractivity contribution < 1.29 is 9.59 Å². The Bertz CT molecular complexity index is 763. The van der Waals surface area contributed by atoms with Gasteiger partial charge >= 0.3 is 0 Å². The summed E-state index contributed by atoms with van der Waals surface area (Å²) in [6.45, 7) is 1.95. The second kappa shape index (κ2) is 10.6. The van der Waals surface area contributed by atoms with E-state index >= 15 is 0 Å². The average Bonchev–Trinajstić information content (AvgIpc) is 2.66. The minimum Gasteiger partial charge on any atom is -0.352 e. The third kappa shape index (κ3) is 7.37. The van der Waals surface area contributed by atoms with Gasteiger partial charge in [-0.3, -0.25) is 14.6 Å². The van der Waals surface area contributed by atoms with Crippen LogP contribution in [0.4, 0.5) is 0 Å². The SMILES string of the molecule is CN(C)CCCNC(=O)c1cc(C(=O)NCCc2ccc(Cl)cc2)ccn1. The summed E-state index contributed by atoms with van der Waals surface area (Å²) in [5.41, 5.74) is 1.75. The number of carbonyl (C=O) groups excluding carboxylic acids is 2. The van der Waals surface area contributed by atoms with Crippen molar-refractivity contribution in [1.29, 1.82) is 0 Å². The molecule has 0 aliphatic rings. The molecule has 2 N–H and O–H groups in total. The number of hydrogen-bond donors (Lipinski definition) is 2. The van der Waals surface area contributed by atoms with Gasteiger partial charge in [-0.2, -0.15) is 0 Å². The van der Waals surface area contributed by atoms with Crippen molar-refractivity contribution in [1.82, 2.24) is 20.5 Å². The molecule has 0 saturated carbocycles. The summed E-state index contributed by atoms with van der Waals surface area (Å²) in [5, 5.41) is 6.36. The Hall–Kier alpha value is -2.44. The van der Waals surface area contributed by atoms with Gasteiger partial charge in [0.15, 0.2) is 0 Å². The van der Waals surface area contributed by atoms with E-state index in [0.717, 1.165) is 18.5 Å². The van der Waals surface area contributed by atoms with Crippen molar-refractivity contribution in [2.45, 2.75) is 12.8 Å². The number of halogens is 1. The first-order valence-electron chi connectivity index (χ1n) is 8.87. The van der Waals surface area contributed by atoms with Crippen LogP contribution in [0.3, 0.4) is 0 Å². The highest BCUT2D eigenvalue weighted by atomic mass is 35.5. The molecule has 1 aromatic carbocycles. The number of benzene rings is 1. The number of aromatic nitrogens is 1. The molecule has 2 aromatic rings. The molecule has 0 bridgehead atoms. The molecular formula is C20H25ClN4O2. The van der Waals surface area contributed by atoms with Crippen molar-refractivity contribution >= 4 is 23.4 Å². The van der Waals surface area contributed by atoms with Crippen molar-refractivity contribution in [3.05, 3.63) is 64.4 Å². The summed E-state index contributed by atoms with van der Waals surface area (Å²) in [5.74, 6) is -0.502. The second-order valence-corrected chi connectivity index (χ2v) is 6.91. The lowest BCUT2D eigenvalue weighted by Gasteiger charge is -2.10. The lowest BCUT2D eigenvalue weighted by atomic mass is 10.1. The van der Waals surface area contributed by atoms with Gasteiger partial charge in [0, 0.05) is 29.9 Å². The lowest BCUT2D eigenvalue weighted by molar-refractivity contribution is 0.0947. The topological polar surface area (TPSA) is 74.3 Å². The van der Waals surface area contributed by atoms with Crippen LogP contribution in [0.25, 0.3) is 0 Å². The van der Waals surface area contributed by atoms with Gasteiger partial charge in [-0.05, 0) is 63.3 Å². The maximum Gasteiger partial charge on any atom is 0.269 e. The van der Waals surface area contributed by atoms with E-state index in [1.165, 1.54) is 12.3 Å². The Morgan fingerprint density at radius 3 is 2.44 bits per heavy atom. The second-order valence-electron chi connectivity index (χ2n) is 6.47. The summed E-state index contributed by atoms with van der Waals surface area (Å²) in [7, 11) is 3.97. The number of nitrogens with zero attached hydrogens (tertiary/aromatic N) is 2. The molecule has 0 spiro atoms. The number of carbonyl (C=O) groups is 2. The highest BCUT2D eigenvalue weighted by Gasteiger charge is 2.11. The maximum absolute atomic E-state index is 12.3. The first-order chi connectivity index (χ1) is 13.0. The molecule has 27 heavy (non-hydrogen) atoms. The summed E-state index contributed by atoms with van der Waals surface area (Å²) in [4.78, 5) is 30.6. The van der Waals surface area contributed by atoms with Crippen LogP contribution in [0, 0.1) is 0 Å². The average molecular weight is 389 g/mol. The number of amides is 2. The van der Waals surface area contributed by atoms with E-state index in [4.69, 9.17) is 11.6 Å². The van der Waals surface area contributed by atoms with Gasteiger partial charge in [-0.1, -0.05) is 23.7 Å². The standard InChI is InChI=1S/C20H25ClN4O2/c1-25(2)13-3-10-23-20(27)18-14-16(9-12-22-18)19(26)24-11-8-15-4-6-17(21)7-5-15/h4-7,9,12,14H,3,8,10-11,13H2,1-2H3,(H,23,27)(H,24,26). The fourth-order valence-corrected chi connectivity index (χ4v) is 2.58. The molecule has 0 radical (unpaired) electrons. The zero-order chi connectivity index (χ0) is 19.6. The van der Waals surface area contributed by atoms with Crippen LogP contribution in [0.1, 0.15) is 32.8 Å². The van der Waals surface area contributed by atoms with Crippen LogP contribution < -0.4 is 10.6 Å². The first kappa shape index (κ1) is 20.9. The van der Waals surface area contributed by atoms with Gasteiger partial charge in [-0.15, -0.1) is 0 Å². The van der Waals surface area contributed by atoms with Crippen LogP contribution in [-0.4, -0.2) is 55.4 Å². The van der Waals surface area contributed by atoms with Crippen molar-refractivity contribution in [3.63, 3.8) is 0 Å². The molecule has 2 amide bonds. The summed E-state index contributed by atoms with van der Waals surface area (Å²) >= 11 is 5.86. The third-order valence-corrected chi connectivity index (χ3v) is 4.19.